The van der Waals surface area contributed by atoms with Crippen LogP contribution in [0.15, 0.2) is 41.8 Å². The minimum atomic E-state index is -0.663. The van der Waals surface area contributed by atoms with Crippen LogP contribution in [0.3, 0.4) is 0 Å². The van der Waals surface area contributed by atoms with Crippen LogP contribution in [0.2, 0.25) is 0 Å². The highest BCUT2D eigenvalue weighted by Gasteiger charge is 2.55. The van der Waals surface area contributed by atoms with Crippen LogP contribution in [0, 0.1) is 5.82 Å². The summed E-state index contributed by atoms with van der Waals surface area (Å²) in [4.78, 5) is 42.6. The SMILES string of the molecule is O=C(NC1CCN2C(=O)C3CC(OCc4ccc(F)cc4)CN3C(=O)C12)c1cccs1. The van der Waals surface area contributed by atoms with Crippen molar-refractivity contribution >= 4 is 29.1 Å². The highest BCUT2D eigenvalue weighted by Crippen LogP contribution is 2.33. The van der Waals surface area contributed by atoms with Gasteiger partial charge in [-0.3, -0.25) is 14.4 Å². The highest BCUT2D eigenvalue weighted by atomic mass is 32.1. The van der Waals surface area contributed by atoms with Crippen molar-refractivity contribution in [1.82, 2.24) is 15.1 Å². The van der Waals surface area contributed by atoms with E-state index in [1.165, 1.54) is 23.5 Å². The number of carbonyl (C=O) groups is 3. The Morgan fingerprint density at radius 1 is 1.16 bits per heavy atom. The number of carbonyl (C=O) groups excluding carboxylic acids is 3. The van der Waals surface area contributed by atoms with Crippen LogP contribution in [0.5, 0.6) is 0 Å². The second-order valence-corrected chi connectivity index (χ2v) is 9.07. The van der Waals surface area contributed by atoms with E-state index in [2.05, 4.69) is 5.32 Å². The molecule has 0 aliphatic carbocycles. The number of thiophene rings is 1. The molecule has 2 aromatic rings. The predicted octanol–water partition coefficient (Wildman–Crippen LogP) is 1.79. The Labute approximate surface area is 182 Å². The van der Waals surface area contributed by atoms with Crippen LogP contribution >= 0.6 is 11.3 Å². The van der Waals surface area contributed by atoms with Crippen molar-refractivity contribution in [3.63, 3.8) is 0 Å². The van der Waals surface area contributed by atoms with Gasteiger partial charge in [-0.2, -0.15) is 0 Å². The third-order valence-electron chi connectivity index (χ3n) is 6.23. The van der Waals surface area contributed by atoms with E-state index in [9.17, 15) is 18.8 Å². The number of fused-ring (bicyclic) bond motifs is 2. The average molecular weight is 444 g/mol. The van der Waals surface area contributed by atoms with E-state index in [1.54, 1.807) is 34.1 Å². The van der Waals surface area contributed by atoms with Crippen molar-refractivity contribution < 1.29 is 23.5 Å². The molecular formula is C22H22FN3O4S. The molecule has 3 amide bonds. The van der Waals surface area contributed by atoms with E-state index >= 15 is 0 Å². The number of hydrogen-bond acceptors (Lipinski definition) is 5. The number of piperazine rings is 1. The minimum Gasteiger partial charge on any atom is -0.372 e. The molecule has 3 aliphatic heterocycles. The zero-order chi connectivity index (χ0) is 21.5. The Bertz CT molecular complexity index is 997. The molecular weight excluding hydrogens is 421 g/mol. The molecule has 1 N–H and O–H groups in total. The van der Waals surface area contributed by atoms with Gasteiger partial charge in [0, 0.05) is 19.5 Å². The quantitative estimate of drug-likeness (QED) is 0.764. The van der Waals surface area contributed by atoms with Gasteiger partial charge in [-0.15, -0.1) is 11.3 Å². The van der Waals surface area contributed by atoms with Gasteiger partial charge in [0.15, 0.2) is 0 Å². The van der Waals surface area contributed by atoms with Crippen LogP contribution in [-0.4, -0.2) is 64.8 Å². The fraction of sp³-hybridized carbons (Fsp3) is 0.409. The largest absolute Gasteiger partial charge is 0.372 e. The minimum absolute atomic E-state index is 0.0784. The molecule has 31 heavy (non-hydrogen) atoms. The molecule has 4 atom stereocenters. The Balaban J connectivity index is 1.25. The lowest BCUT2D eigenvalue weighted by Crippen LogP contribution is -2.64. The van der Waals surface area contributed by atoms with Crippen LogP contribution in [0.1, 0.15) is 28.1 Å². The third-order valence-corrected chi connectivity index (χ3v) is 7.09. The van der Waals surface area contributed by atoms with Gasteiger partial charge < -0.3 is 19.9 Å². The molecule has 4 unspecified atom stereocenters. The summed E-state index contributed by atoms with van der Waals surface area (Å²) in [5.41, 5.74) is 0.834. The van der Waals surface area contributed by atoms with Crippen molar-refractivity contribution in [3.05, 3.63) is 58.0 Å². The van der Waals surface area contributed by atoms with E-state index in [0.717, 1.165) is 5.56 Å². The van der Waals surface area contributed by atoms with Crippen molar-refractivity contribution in [3.8, 4) is 0 Å². The zero-order valence-corrected chi connectivity index (χ0v) is 17.5. The van der Waals surface area contributed by atoms with Crippen molar-refractivity contribution in [2.75, 3.05) is 13.1 Å². The monoisotopic (exact) mass is 443 g/mol. The molecule has 7 nitrogen and oxygen atoms in total. The maximum Gasteiger partial charge on any atom is 0.261 e. The lowest BCUT2D eigenvalue weighted by atomic mass is 10.0. The second-order valence-electron chi connectivity index (χ2n) is 8.12. The van der Waals surface area contributed by atoms with Gasteiger partial charge in [-0.25, -0.2) is 4.39 Å². The summed E-state index contributed by atoms with van der Waals surface area (Å²) in [5.74, 6) is -0.734. The molecule has 0 spiro atoms. The van der Waals surface area contributed by atoms with E-state index in [-0.39, 0.29) is 29.6 Å². The van der Waals surface area contributed by atoms with E-state index < -0.39 is 18.1 Å². The Morgan fingerprint density at radius 3 is 2.71 bits per heavy atom. The van der Waals surface area contributed by atoms with Crippen LogP contribution < -0.4 is 5.32 Å². The predicted molar refractivity (Wildman–Crippen MR) is 111 cm³/mol. The first kappa shape index (κ1) is 20.1. The molecule has 5 rings (SSSR count). The van der Waals surface area contributed by atoms with Gasteiger partial charge in [0.1, 0.15) is 17.9 Å². The number of nitrogens with zero attached hydrogens (tertiary/aromatic N) is 2. The van der Waals surface area contributed by atoms with Crippen LogP contribution in [-0.2, 0) is 20.9 Å². The highest BCUT2D eigenvalue weighted by molar-refractivity contribution is 7.12. The van der Waals surface area contributed by atoms with Gasteiger partial charge in [0.05, 0.1) is 23.6 Å². The fourth-order valence-corrected chi connectivity index (χ4v) is 5.32. The van der Waals surface area contributed by atoms with Crippen molar-refractivity contribution in [2.45, 2.75) is 43.7 Å². The summed E-state index contributed by atoms with van der Waals surface area (Å²) < 4.78 is 19.0. The summed E-state index contributed by atoms with van der Waals surface area (Å²) in [6.45, 7) is 1.09. The van der Waals surface area contributed by atoms with Gasteiger partial charge in [0.2, 0.25) is 11.8 Å². The van der Waals surface area contributed by atoms with Gasteiger partial charge >= 0.3 is 0 Å². The van der Waals surface area contributed by atoms with Crippen LogP contribution in [0.4, 0.5) is 4.39 Å². The first-order chi connectivity index (χ1) is 15.0. The van der Waals surface area contributed by atoms with E-state index in [0.29, 0.717) is 37.4 Å². The molecule has 3 aliphatic rings. The second kappa shape index (κ2) is 8.05. The summed E-state index contributed by atoms with van der Waals surface area (Å²) in [5, 5.41) is 4.77. The molecule has 4 heterocycles. The van der Waals surface area contributed by atoms with E-state index in [1.807, 2.05) is 5.38 Å². The number of hydrogen-bond donors (Lipinski definition) is 1. The summed E-state index contributed by atoms with van der Waals surface area (Å²) in [6.07, 6.45) is 0.744. The lowest BCUT2D eigenvalue weighted by molar-refractivity contribution is -0.157. The van der Waals surface area contributed by atoms with E-state index in [4.69, 9.17) is 4.74 Å². The first-order valence-corrected chi connectivity index (χ1v) is 11.2. The summed E-state index contributed by atoms with van der Waals surface area (Å²) in [7, 11) is 0. The average Bonchev–Trinajstić information content (AvgIpc) is 3.51. The normalized spacial score (nSPS) is 27.4. The molecule has 0 saturated carbocycles. The number of benzene rings is 1. The molecule has 0 bridgehead atoms. The topological polar surface area (TPSA) is 79.0 Å². The molecule has 1 aromatic heterocycles. The molecule has 9 heteroatoms. The van der Waals surface area contributed by atoms with Gasteiger partial charge in [-0.1, -0.05) is 18.2 Å². The maximum atomic E-state index is 13.3. The smallest absolute Gasteiger partial charge is 0.261 e. The standard InChI is InChI=1S/C22H22FN3O4S/c23-14-5-3-13(4-6-14)12-30-15-10-17-21(28)25-8-7-16(19(25)22(29)26(17)11-15)24-20(27)18-2-1-9-31-18/h1-6,9,15-17,19H,7-8,10-12H2,(H,24,27). The van der Waals surface area contributed by atoms with Crippen LogP contribution in [0.25, 0.3) is 0 Å². The number of rotatable bonds is 5. The summed E-state index contributed by atoms with van der Waals surface area (Å²) >= 11 is 1.34. The fourth-order valence-electron chi connectivity index (χ4n) is 4.70. The number of ether oxygens (including phenoxy) is 1. The third kappa shape index (κ3) is 3.72. The number of amides is 3. The number of halogens is 1. The lowest BCUT2D eigenvalue weighted by Gasteiger charge is -2.40. The van der Waals surface area contributed by atoms with Crippen molar-refractivity contribution in [2.24, 2.45) is 0 Å². The Morgan fingerprint density at radius 2 is 1.97 bits per heavy atom. The Kier molecular flexibility index (Phi) is 5.23. The van der Waals surface area contributed by atoms with Gasteiger partial charge in [0.25, 0.3) is 5.91 Å². The summed E-state index contributed by atoms with van der Waals surface area (Å²) in [6, 6.07) is 8.03. The van der Waals surface area contributed by atoms with Crippen molar-refractivity contribution in [1.29, 1.82) is 0 Å². The first-order valence-electron chi connectivity index (χ1n) is 10.3. The molecule has 3 saturated heterocycles. The molecule has 162 valence electrons. The van der Waals surface area contributed by atoms with Gasteiger partial charge in [-0.05, 0) is 35.6 Å². The molecule has 0 radical (unpaired) electrons. The zero-order valence-electron chi connectivity index (χ0n) is 16.7. The molecule has 3 fully saturated rings. The Hall–Kier alpha value is -2.78. The molecule has 1 aromatic carbocycles. The maximum absolute atomic E-state index is 13.3. The number of nitrogens with one attached hydrogen (secondary N) is 1.